The molecule has 0 bridgehead atoms. The van der Waals surface area contributed by atoms with E-state index in [1.54, 1.807) is 31.2 Å². The Hall–Kier alpha value is -2.13. The molecule has 0 aliphatic rings. The topological polar surface area (TPSA) is 88.1 Å². The number of hydrazone groups is 1. The van der Waals surface area contributed by atoms with E-state index in [1.165, 1.54) is 32.5 Å². The van der Waals surface area contributed by atoms with Gasteiger partial charge in [-0.3, -0.25) is 4.79 Å². The molecule has 0 spiro atoms. The van der Waals surface area contributed by atoms with Crippen molar-refractivity contribution in [3.8, 4) is 5.75 Å². The number of aryl methyl sites for hydroxylation is 1. The number of rotatable bonds is 7. The van der Waals surface area contributed by atoms with Crippen LogP contribution in [-0.4, -0.2) is 45.5 Å². The lowest BCUT2D eigenvalue weighted by molar-refractivity contribution is -0.121. The summed E-state index contributed by atoms with van der Waals surface area (Å²) >= 11 is 11.8. The van der Waals surface area contributed by atoms with Gasteiger partial charge in [-0.25, -0.2) is 13.8 Å². The van der Waals surface area contributed by atoms with Crippen LogP contribution in [0.25, 0.3) is 0 Å². The van der Waals surface area contributed by atoms with Crippen molar-refractivity contribution in [2.45, 2.75) is 11.8 Å². The monoisotopic (exact) mass is 443 g/mol. The first-order valence-corrected chi connectivity index (χ1v) is 10.2. The number of nitrogens with one attached hydrogen (secondary N) is 1. The minimum Gasteiger partial charge on any atom is -0.496 e. The van der Waals surface area contributed by atoms with Gasteiger partial charge in [-0.1, -0.05) is 29.3 Å². The molecule has 2 aromatic rings. The van der Waals surface area contributed by atoms with Crippen LogP contribution in [0.1, 0.15) is 11.1 Å². The number of carbonyl (C=O) groups excluding carboxylic acids is 1. The maximum absolute atomic E-state index is 12.6. The van der Waals surface area contributed by atoms with Gasteiger partial charge >= 0.3 is 0 Å². The number of ether oxygens (including phenoxy) is 1. The molecule has 2 rings (SSSR count). The van der Waals surface area contributed by atoms with E-state index in [-0.39, 0.29) is 4.90 Å². The molecule has 1 amide bonds. The molecule has 0 heterocycles. The van der Waals surface area contributed by atoms with Crippen molar-refractivity contribution in [2.75, 3.05) is 20.7 Å². The summed E-state index contributed by atoms with van der Waals surface area (Å²) < 4.78 is 31.3. The summed E-state index contributed by atoms with van der Waals surface area (Å²) in [6.07, 6.45) is 1.35. The predicted molar refractivity (Wildman–Crippen MR) is 110 cm³/mol. The molecule has 7 nitrogen and oxygen atoms in total. The fraction of sp³-hybridized carbons (Fsp3) is 0.222. The van der Waals surface area contributed by atoms with Gasteiger partial charge in [-0.15, -0.1) is 0 Å². The van der Waals surface area contributed by atoms with Crippen molar-refractivity contribution in [1.29, 1.82) is 0 Å². The lowest BCUT2D eigenvalue weighted by atomic mass is 10.2. The third kappa shape index (κ3) is 5.45. The van der Waals surface area contributed by atoms with Gasteiger partial charge in [0.2, 0.25) is 10.0 Å². The summed E-state index contributed by atoms with van der Waals surface area (Å²) in [7, 11) is -1.02. The highest BCUT2D eigenvalue weighted by molar-refractivity contribution is 7.89. The first kappa shape index (κ1) is 22.2. The Morgan fingerprint density at radius 2 is 1.96 bits per heavy atom. The first-order chi connectivity index (χ1) is 13.1. The largest absolute Gasteiger partial charge is 0.496 e. The standard InChI is InChI=1S/C18H19Cl2N3O4S/c1-12-8-15(6-7-17(12)27-3)28(25,26)23(2)11-18(24)22-21-10-13-4-5-14(19)9-16(13)20/h4-10H,11H2,1-3H3,(H,22,24)/b21-10-. The number of methoxy groups -OCH3 is 1. The second kappa shape index (κ2) is 9.38. The number of likely N-dealkylation sites (N-methyl/N-ethyl adjacent to an activating group) is 1. The highest BCUT2D eigenvalue weighted by Gasteiger charge is 2.23. The molecule has 2 aromatic carbocycles. The van der Waals surface area contributed by atoms with E-state index in [0.717, 1.165) is 4.31 Å². The number of sulfonamides is 1. The Morgan fingerprint density at radius 3 is 2.57 bits per heavy atom. The number of benzene rings is 2. The predicted octanol–water partition coefficient (Wildman–Crippen LogP) is 3.08. The van der Waals surface area contributed by atoms with Crippen molar-refractivity contribution in [3.05, 3.63) is 57.6 Å². The van der Waals surface area contributed by atoms with E-state index in [0.29, 0.717) is 26.9 Å². The van der Waals surface area contributed by atoms with Gasteiger partial charge in [0.25, 0.3) is 5.91 Å². The van der Waals surface area contributed by atoms with Crippen molar-refractivity contribution in [3.63, 3.8) is 0 Å². The van der Waals surface area contributed by atoms with Crippen molar-refractivity contribution in [2.24, 2.45) is 5.10 Å². The van der Waals surface area contributed by atoms with Crippen LogP contribution in [-0.2, 0) is 14.8 Å². The molecule has 0 radical (unpaired) electrons. The van der Waals surface area contributed by atoms with Gasteiger partial charge in [-0.05, 0) is 42.8 Å². The van der Waals surface area contributed by atoms with Crippen molar-refractivity contribution >= 4 is 45.3 Å². The van der Waals surface area contributed by atoms with Crippen LogP contribution in [0.4, 0.5) is 0 Å². The minimum absolute atomic E-state index is 0.0672. The molecule has 10 heteroatoms. The van der Waals surface area contributed by atoms with Crippen molar-refractivity contribution < 1.29 is 17.9 Å². The maximum atomic E-state index is 12.6. The maximum Gasteiger partial charge on any atom is 0.255 e. The van der Waals surface area contributed by atoms with Gasteiger partial charge in [0, 0.05) is 17.6 Å². The molecule has 150 valence electrons. The summed E-state index contributed by atoms with van der Waals surface area (Å²) in [4.78, 5) is 12.1. The summed E-state index contributed by atoms with van der Waals surface area (Å²) in [6.45, 7) is 1.33. The third-order valence-electron chi connectivity index (χ3n) is 3.80. The van der Waals surface area contributed by atoms with E-state index >= 15 is 0 Å². The molecule has 0 aliphatic carbocycles. The van der Waals surface area contributed by atoms with E-state index in [1.807, 2.05) is 0 Å². The number of carbonyl (C=O) groups is 1. The molecule has 28 heavy (non-hydrogen) atoms. The number of nitrogens with zero attached hydrogens (tertiary/aromatic N) is 2. The molecule has 0 saturated heterocycles. The van der Waals surface area contributed by atoms with Gasteiger partial charge in [-0.2, -0.15) is 9.41 Å². The van der Waals surface area contributed by atoms with E-state index in [2.05, 4.69) is 10.5 Å². The summed E-state index contributed by atoms with van der Waals surface area (Å²) in [5, 5.41) is 4.64. The Labute approximate surface area is 173 Å². The van der Waals surface area contributed by atoms with Crippen LogP contribution in [0.15, 0.2) is 46.4 Å². The quantitative estimate of drug-likeness (QED) is 0.525. The van der Waals surface area contributed by atoms with Gasteiger partial charge in [0.05, 0.1) is 29.8 Å². The normalized spacial score (nSPS) is 11.8. The van der Waals surface area contributed by atoms with E-state index < -0.39 is 22.5 Å². The minimum atomic E-state index is -3.84. The smallest absolute Gasteiger partial charge is 0.255 e. The number of halogens is 2. The lowest BCUT2D eigenvalue weighted by Gasteiger charge is -2.17. The fourth-order valence-electron chi connectivity index (χ4n) is 2.29. The molecular weight excluding hydrogens is 425 g/mol. The summed E-state index contributed by atoms with van der Waals surface area (Å²) in [5.74, 6) is -0.0211. The zero-order valence-electron chi connectivity index (χ0n) is 15.4. The van der Waals surface area contributed by atoms with Crippen LogP contribution in [0.3, 0.4) is 0 Å². The van der Waals surface area contributed by atoms with Gasteiger partial charge in [0.15, 0.2) is 0 Å². The molecule has 0 saturated carbocycles. The molecule has 0 aromatic heterocycles. The lowest BCUT2D eigenvalue weighted by Crippen LogP contribution is -2.36. The van der Waals surface area contributed by atoms with Gasteiger partial charge in [0.1, 0.15) is 5.75 Å². The Balaban J connectivity index is 2.02. The zero-order valence-corrected chi connectivity index (χ0v) is 17.8. The Bertz CT molecular complexity index is 1010. The second-order valence-electron chi connectivity index (χ2n) is 5.85. The average Bonchev–Trinajstić information content (AvgIpc) is 2.63. The first-order valence-electron chi connectivity index (χ1n) is 8.03. The zero-order chi connectivity index (χ0) is 20.9. The fourth-order valence-corrected chi connectivity index (χ4v) is 3.96. The van der Waals surface area contributed by atoms with Crippen LogP contribution in [0, 0.1) is 6.92 Å². The van der Waals surface area contributed by atoms with Crippen LogP contribution in [0.5, 0.6) is 5.75 Å². The van der Waals surface area contributed by atoms with Crippen molar-refractivity contribution in [1.82, 2.24) is 9.73 Å². The van der Waals surface area contributed by atoms with Crippen LogP contribution < -0.4 is 10.2 Å². The molecule has 0 atom stereocenters. The second-order valence-corrected chi connectivity index (χ2v) is 8.74. The molecule has 1 N–H and O–H groups in total. The highest BCUT2D eigenvalue weighted by atomic mass is 35.5. The SMILES string of the molecule is COc1ccc(S(=O)(=O)N(C)CC(=O)N/N=C\c2ccc(Cl)cc2Cl)cc1C. The molecule has 0 fully saturated rings. The summed E-state index contributed by atoms with van der Waals surface area (Å²) in [5.41, 5.74) is 3.50. The van der Waals surface area contributed by atoms with Gasteiger partial charge < -0.3 is 4.74 Å². The highest BCUT2D eigenvalue weighted by Crippen LogP contribution is 2.23. The molecular formula is C18H19Cl2N3O4S. The third-order valence-corrected chi connectivity index (χ3v) is 6.16. The average molecular weight is 444 g/mol. The van der Waals surface area contributed by atoms with E-state index in [9.17, 15) is 13.2 Å². The van der Waals surface area contributed by atoms with E-state index in [4.69, 9.17) is 27.9 Å². The molecule has 0 unspecified atom stereocenters. The molecule has 0 aliphatic heterocycles. The summed E-state index contributed by atoms with van der Waals surface area (Å²) in [6, 6.07) is 9.30. The number of amides is 1. The number of hydrogen-bond donors (Lipinski definition) is 1. The van der Waals surface area contributed by atoms with Crippen LogP contribution >= 0.6 is 23.2 Å². The Morgan fingerprint density at radius 1 is 1.25 bits per heavy atom. The number of hydrogen-bond acceptors (Lipinski definition) is 5. The Kier molecular flexibility index (Phi) is 7.42. The van der Waals surface area contributed by atoms with Crippen LogP contribution in [0.2, 0.25) is 10.0 Å².